The molecule has 0 heteroatoms. The molecular weight excluding hydrogens is 360 g/mol. The molecule has 30 heavy (non-hydrogen) atoms. The lowest BCUT2D eigenvalue weighted by atomic mass is 9.56. The highest BCUT2D eigenvalue weighted by Gasteiger charge is 2.41. The molecule has 8 rings (SSSR count). The zero-order valence-electron chi connectivity index (χ0n) is 21.9. The lowest BCUT2D eigenvalue weighted by Gasteiger charge is -2.49. The molecule has 0 unspecified atom stereocenters. The van der Waals surface area contributed by atoms with Gasteiger partial charge in [0.2, 0.25) is 0 Å². The maximum atomic E-state index is 2.00. The Hall–Kier alpha value is 0. The highest BCUT2D eigenvalue weighted by Crippen LogP contribution is 2.53. The van der Waals surface area contributed by atoms with Crippen molar-refractivity contribution >= 4 is 0 Å². The largest absolute Gasteiger partial charge is 0.0683 e. The van der Waals surface area contributed by atoms with Crippen LogP contribution in [-0.2, 0) is 0 Å². The van der Waals surface area contributed by atoms with Crippen LogP contribution in [0.5, 0.6) is 0 Å². The van der Waals surface area contributed by atoms with E-state index in [9.17, 15) is 0 Å². The molecule has 0 heterocycles. The first kappa shape index (κ1) is 26.3. The maximum Gasteiger partial charge on any atom is -0.0406 e. The highest BCUT2D eigenvalue weighted by molar-refractivity contribution is 4.93. The van der Waals surface area contributed by atoms with E-state index in [0.717, 1.165) is 0 Å². The summed E-state index contributed by atoms with van der Waals surface area (Å²) in [6.45, 7) is 12.0. The predicted molar refractivity (Wildman–Crippen MR) is 136 cm³/mol. The van der Waals surface area contributed by atoms with Crippen molar-refractivity contribution in [2.45, 2.75) is 144 Å². The Morgan fingerprint density at radius 1 is 0.233 bits per heavy atom. The van der Waals surface area contributed by atoms with Crippen molar-refractivity contribution in [1.29, 1.82) is 0 Å². The van der Waals surface area contributed by atoms with Crippen LogP contribution in [0, 0.1) is 47.3 Å². The molecule has 8 fully saturated rings. The van der Waals surface area contributed by atoms with E-state index in [-0.39, 0.29) is 0 Å². The second kappa shape index (κ2) is 14.2. The van der Waals surface area contributed by atoms with Crippen molar-refractivity contribution in [3.63, 3.8) is 0 Å². The molecule has 0 saturated heterocycles. The maximum absolute atomic E-state index is 2.00. The number of hydrogen-bond donors (Lipinski definition) is 0. The predicted octanol–water partition coefficient (Wildman–Crippen LogP) is 10.3. The minimum Gasteiger partial charge on any atom is -0.0683 e. The average Bonchev–Trinajstić information content (AvgIpc) is 3.62. The summed E-state index contributed by atoms with van der Waals surface area (Å²) in [5, 5.41) is 0. The molecule has 0 aromatic heterocycles. The topological polar surface area (TPSA) is 0 Å². The summed E-state index contributed by atoms with van der Waals surface area (Å²) in [7, 11) is 0. The van der Waals surface area contributed by atoms with Gasteiger partial charge in [-0.1, -0.05) is 92.9 Å². The third kappa shape index (κ3) is 7.55. The normalized spacial score (nSPS) is 42.2. The van der Waals surface area contributed by atoms with Gasteiger partial charge in [-0.3, -0.25) is 0 Å². The summed E-state index contributed by atoms with van der Waals surface area (Å²) in [6, 6.07) is 0. The minimum absolute atomic E-state index is 1.17. The van der Waals surface area contributed by atoms with Gasteiger partial charge in [0, 0.05) is 0 Å². The fourth-order valence-electron chi connectivity index (χ4n) is 8.33. The Morgan fingerprint density at radius 3 is 0.467 bits per heavy atom. The van der Waals surface area contributed by atoms with Crippen LogP contribution in [0.2, 0.25) is 0 Å². The van der Waals surface area contributed by atoms with E-state index < -0.39 is 0 Å². The Labute approximate surface area is 191 Å². The Balaban J connectivity index is 0.000000145. The van der Waals surface area contributed by atoms with Gasteiger partial charge in [0.1, 0.15) is 0 Å². The first-order valence-corrected chi connectivity index (χ1v) is 14.8. The third-order valence-electron chi connectivity index (χ3n) is 9.27. The van der Waals surface area contributed by atoms with Gasteiger partial charge in [-0.2, -0.15) is 0 Å². The highest BCUT2D eigenvalue weighted by atomic mass is 14.5. The van der Waals surface area contributed by atoms with Gasteiger partial charge in [-0.15, -0.1) is 0 Å². The van der Waals surface area contributed by atoms with Crippen LogP contribution in [0.1, 0.15) is 144 Å². The van der Waals surface area contributed by atoms with Crippen molar-refractivity contribution in [3.8, 4) is 0 Å². The molecule has 8 aliphatic carbocycles. The van der Waals surface area contributed by atoms with E-state index in [1.54, 1.807) is 103 Å². The van der Waals surface area contributed by atoms with Crippen molar-refractivity contribution in [1.82, 2.24) is 0 Å². The van der Waals surface area contributed by atoms with Crippen LogP contribution in [0.3, 0.4) is 0 Å². The van der Waals surface area contributed by atoms with Crippen LogP contribution < -0.4 is 0 Å². The third-order valence-corrected chi connectivity index (χ3v) is 9.27. The van der Waals surface area contributed by atoms with E-state index in [1.807, 2.05) is 41.5 Å². The minimum atomic E-state index is 1.17. The number of hydrogen-bond acceptors (Lipinski definition) is 0. The van der Waals surface area contributed by atoms with Gasteiger partial charge in [0.05, 0.1) is 0 Å². The van der Waals surface area contributed by atoms with Crippen LogP contribution in [0.15, 0.2) is 0 Å². The zero-order chi connectivity index (χ0) is 21.9. The van der Waals surface area contributed by atoms with Crippen LogP contribution in [0.25, 0.3) is 0 Å². The lowest BCUT2D eigenvalue weighted by Crippen LogP contribution is -2.38. The zero-order valence-corrected chi connectivity index (χ0v) is 21.9. The number of fused-ring (bicyclic) bond motifs is 4. The van der Waals surface area contributed by atoms with E-state index >= 15 is 0 Å². The molecule has 8 bridgehead atoms. The van der Waals surface area contributed by atoms with Gasteiger partial charge in [-0.05, 0) is 98.7 Å². The van der Waals surface area contributed by atoms with Gasteiger partial charge in [0.25, 0.3) is 0 Å². The average molecular weight is 419 g/mol. The Bertz CT molecular complexity index is 309. The quantitative estimate of drug-likeness (QED) is 0.367. The molecule has 0 N–H and O–H groups in total. The molecule has 0 nitrogen and oxygen atoms in total. The molecule has 8 aliphatic rings. The first-order chi connectivity index (χ1) is 14.8. The van der Waals surface area contributed by atoms with Crippen molar-refractivity contribution in [3.05, 3.63) is 0 Å². The lowest BCUT2D eigenvalue weighted by molar-refractivity contribution is 0.0198. The van der Waals surface area contributed by atoms with Crippen molar-refractivity contribution in [2.75, 3.05) is 0 Å². The van der Waals surface area contributed by atoms with Gasteiger partial charge in [0.15, 0.2) is 0 Å². The van der Waals surface area contributed by atoms with Crippen LogP contribution in [-0.4, -0.2) is 0 Å². The van der Waals surface area contributed by atoms with Crippen molar-refractivity contribution < 1.29 is 0 Å². The molecule has 0 radical (unpaired) electrons. The SMILES string of the molecule is C1C2CC3CC1CC(C2)C3.C1CC2CCC1C2.C1CC2CCC1C2.CC.CC.CC. The first-order valence-electron chi connectivity index (χ1n) is 14.8. The van der Waals surface area contributed by atoms with E-state index in [1.165, 1.54) is 47.3 Å². The van der Waals surface area contributed by atoms with Crippen molar-refractivity contribution in [2.24, 2.45) is 47.3 Å². The van der Waals surface area contributed by atoms with Gasteiger partial charge in [-0.25, -0.2) is 0 Å². The standard InChI is InChI=1S/C10H16.2C7H12.3C2H6/c1-7-2-9-4-8(1)5-10(3-7)6-9;2*1-2-7-4-3-6(1)5-7;3*1-2/h7-10H,1-6H2;2*6-7H,1-5H2;3*1-2H3. The van der Waals surface area contributed by atoms with E-state index in [4.69, 9.17) is 0 Å². The molecule has 0 aromatic rings. The smallest absolute Gasteiger partial charge is 0.0406 e. The second-order valence-corrected chi connectivity index (χ2v) is 11.1. The summed E-state index contributed by atoms with van der Waals surface area (Å²) < 4.78 is 0. The molecule has 0 amide bonds. The molecule has 178 valence electrons. The van der Waals surface area contributed by atoms with E-state index in [0.29, 0.717) is 0 Å². The summed E-state index contributed by atoms with van der Waals surface area (Å²) in [4.78, 5) is 0. The summed E-state index contributed by atoms with van der Waals surface area (Å²) in [5.74, 6) is 9.39. The summed E-state index contributed by atoms with van der Waals surface area (Å²) in [5.41, 5.74) is 0. The fraction of sp³-hybridized carbons (Fsp3) is 1.00. The van der Waals surface area contributed by atoms with Crippen LogP contribution in [0.4, 0.5) is 0 Å². The molecular formula is C30H58. The van der Waals surface area contributed by atoms with Gasteiger partial charge < -0.3 is 0 Å². The molecule has 0 aliphatic heterocycles. The molecule has 8 saturated carbocycles. The Morgan fingerprint density at radius 2 is 0.367 bits per heavy atom. The summed E-state index contributed by atoms with van der Waals surface area (Å²) in [6.07, 6.45) is 25.3. The summed E-state index contributed by atoms with van der Waals surface area (Å²) >= 11 is 0. The van der Waals surface area contributed by atoms with Gasteiger partial charge >= 0.3 is 0 Å². The molecule has 0 aromatic carbocycles. The Kier molecular flexibility index (Phi) is 12.4. The second-order valence-electron chi connectivity index (χ2n) is 11.1. The number of rotatable bonds is 0. The molecule has 0 spiro atoms. The monoisotopic (exact) mass is 418 g/mol. The molecule has 0 atom stereocenters. The van der Waals surface area contributed by atoms with Crippen LogP contribution >= 0.6 is 0 Å². The fourth-order valence-corrected chi connectivity index (χ4v) is 8.33. The van der Waals surface area contributed by atoms with E-state index in [2.05, 4.69) is 0 Å².